The van der Waals surface area contributed by atoms with Gasteiger partial charge in [-0.2, -0.15) is 4.39 Å². The van der Waals surface area contributed by atoms with E-state index in [4.69, 9.17) is 0 Å². The van der Waals surface area contributed by atoms with Gasteiger partial charge in [-0.3, -0.25) is 0 Å². The van der Waals surface area contributed by atoms with Crippen LogP contribution < -0.4 is 4.74 Å². The van der Waals surface area contributed by atoms with E-state index < -0.39 is 33.5 Å². The van der Waals surface area contributed by atoms with E-state index in [1.165, 1.54) is 6.92 Å². The first-order valence-electron chi connectivity index (χ1n) is 3.64. The predicted molar refractivity (Wildman–Crippen MR) is 45.1 cm³/mol. The molecule has 0 spiro atoms. The average molecular weight is 273 g/mol. The van der Waals surface area contributed by atoms with Crippen molar-refractivity contribution in [2.24, 2.45) is 0 Å². The van der Waals surface area contributed by atoms with Crippen LogP contribution in [0, 0.1) is 23.3 Å². The third-order valence-corrected chi connectivity index (χ3v) is 2.15. The van der Waals surface area contributed by atoms with Crippen LogP contribution >= 0.6 is 15.9 Å². The average Bonchev–Trinajstić information content (AvgIpc) is 2.19. The van der Waals surface area contributed by atoms with Crippen molar-refractivity contribution in [2.45, 2.75) is 6.92 Å². The summed E-state index contributed by atoms with van der Waals surface area (Å²) < 4.78 is 55.1. The minimum Gasteiger partial charge on any atom is -0.488 e. The van der Waals surface area contributed by atoms with Crippen LogP contribution in [0.1, 0.15) is 6.92 Å². The fourth-order valence-electron chi connectivity index (χ4n) is 0.856. The molecule has 1 nitrogen and oxygen atoms in total. The highest BCUT2D eigenvalue weighted by molar-refractivity contribution is 9.10. The molecule has 0 N–H and O–H groups in total. The van der Waals surface area contributed by atoms with Crippen molar-refractivity contribution < 1.29 is 22.3 Å². The molecule has 1 aromatic carbocycles. The smallest absolute Gasteiger partial charge is 0.206 e. The van der Waals surface area contributed by atoms with E-state index in [1.54, 1.807) is 0 Å². The molecule has 0 saturated carbocycles. The van der Waals surface area contributed by atoms with Gasteiger partial charge in [0.05, 0.1) is 11.1 Å². The highest BCUT2D eigenvalue weighted by Gasteiger charge is 2.24. The Labute approximate surface area is 85.8 Å². The first-order valence-corrected chi connectivity index (χ1v) is 4.44. The Hall–Kier alpha value is -0.780. The van der Waals surface area contributed by atoms with E-state index in [0.717, 1.165) is 0 Å². The Bertz CT molecular complexity index is 338. The van der Waals surface area contributed by atoms with Gasteiger partial charge in [-0.25, -0.2) is 13.2 Å². The lowest BCUT2D eigenvalue weighted by atomic mass is 10.3. The summed E-state index contributed by atoms with van der Waals surface area (Å²) in [4.78, 5) is 0. The standard InChI is InChI=1S/C8H5BrF4O/c1-2-14-8-5(11)3(9)4(10)6(12)7(8)13/h2H2,1H3. The third kappa shape index (κ3) is 1.70. The van der Waals surface area contributed by atoms with Crippen LogP contribution in [-0.4, -0.2) is 6.61 Å². The summed E-state index contributed by atoms with van der Waals surface area (Å²) in [6.45, 7) is 1.42. The van der Waals surface area contributed by atoms with Crippen LogP contribution in [0.2, 0.25) is 0 Å². The van der Waals surface area contributed by atoms with Crippen molar-refractivity contribution >= 4 is 15.9 Å². The number of benzene rings is 1. The van der Waals surface area contributed by atoms with E-state index in [1.807, 2.05) is 0 Å². The lowest BCUT2D eigenvalue weighted by Crippen LogP contribution is -2.04. The van der Waals surface area contributed by atoms with Crippen molar-refractivity contribution in [3.05, 3.63) is 27.7 Å². The quantitative estimate of drug-likeness (QED) is 0.456. The fourth-order valence-corrected chi connectivity index (χ4v) is 1.21. The van der Waals surface area contributed by atoms with Gasteiger partial charge in [0.1, 0.15) is 0 Å². The maximum atomic E-state index is 13.1. The largest absolute Gasteiger partial charge is 0.488 e. The van der Waals surface area contributed by atoms with Gasteiger partial charge in [-0.1, -0.05) is 0 Å². The Kier molecular flexibility index (Phi) is 3.36. The Balaban J connectivity index is 3.43. The molecule has 14 heavy (non-hydrogen) atoms. The molecule has 6 heteroatoms. The molecule has 0 aliphatic rings. The van der Waals surface area contributed by atoms with E-state index >= 15 is 0 Å². The van der Waals surface area contributed by atoms with Crippen molar-refractivity contribution in [3.8, 4) is 5.75 Å². The molecule has 0 saturated heterocycles. The lowest BCUT2D eigenvalue weighted by Gasteiger charge is -2.08. The van der Waals surface area contributed by atoms with Crippen molar-refractivity contribution in [1.82, 2.24) is 0 Å². The predicted octanol–water partition coefficient (Wildman–Crippen LogP) is 3.40. The Morgan fingerprint density at radius 3 is 2.07 bits per heavy atom. The highest BCUT2D eigenvalue weighted by Crippen LogP contribution is 2.33. The minimum absolute atomic E-state index is 0.0502. The highest BCUT2D eigenvalue weighted by atomic mass is 79.9. The van der Waals surface area contributed by atoms with Gasteiger partial charge in [0.2, 0.25) is 5.82 Å². The molecular weight excluding hydrogens is 268 g/mol. The number of hydrogen-bond donors (Lipinski definition) is 0. The van der Waals surface area contributed by atoms with Crippen molar-refractivity contribution in [3.63, 3.8) is 0 Å². The van der Waals surface area contributed by atoms with Crippen LogP contribution in [0.4, 0.5) is 17.6 Å². The maximum absolute atomic E-state index is 13.1. The SMILES string of the molecule is CCOc1c(F)c(F)c(F)c(Br)c1F. The van der Waals surface area contributed by atoms with E-state index in [0.29, 0.717) is 0 Å². The zero-order valence-corrected chi connectivity index (χ0v) is 8.59. The second-order valence-electron chi connectivity index (χ2n) is 2.33. The molecule has 1 aromatic rings. The Morgan fingerprint density at radius 1 is 1.00 bits per heavy atom. The first-order chi connectivity index (χ1) is 6.50. The maximum Gasteiger partial charge on any atom is 0.206 e. The van der Waals surface area contributed by atoms with Gasteiger partial charge < -0.3 is 4.74 Å². The fraction of sp³-hybridized carbons (Fsp3) is 0.250. The molecule has 0 fully saturated rings. The summed E-state index contributed by atoms with van der Waals surface area (Å²) in [6, 6.07) is 0. The summed E-state index contributed by atoms with van der Waals surface area (Å²) in [5.74, 6) is -7.24. The zero-order chi connectivity index (χ0) is 10.9. The van der Waals surface area contributed by atoms with Crippen molar-refractivity contribution in [2.75, 3.05) is 6.61 Å². The molecule has 0 aliphatic heterocycles. The molecule has 1 rings (SSSR count). The second-order valence-corrected chi connectivity index (χ2v) is 3.13. The molecule has 0 bridgehead atoms. The van der Waals surface area contributed by atoms with Gasteiger partial charge >= 0.3 is 0 Å². The van der Waals surface area contributed by atoms with Crippen LogP contribution in [0.3, 0.4) is 0 Å². The molecule has 78 valence electrons. The summed E-state index contributed by atoms with van der Waals surface area (Å²) >= 11 is 2.45. The van der Waals surface area contributed by atoms with E-state index in [2.05, 4.69) is 20.7 Å². The summed E-state index contributed by atoms with van der Waals surface area (Å²) in [7, 11) is 0. The molecule has 0 atom stereocenters. The van der Waals surface area contributed by atoms with Crippen LogP contribution in [0.25, 0.3) is 0 Å². The Morgan fingerprint density at radius 2 is 1.57 bits per heavy atom. The molecule has 0 unspecified atom stereocenters. The summed E-state index contributed by atoms with van der Waals surface area (Å²) in [6.07, 6.45) is 0. The second kappa shape index (κ2) is 4.16. The normalized spacial score (nSPS) is 10.4. The number of halogens is 5. The van der Waals surface area contributed by atoms with Gasteiger partial charge in [-0.05, 0) is 22.9 Å². The van der Waals surface area contributed by atoms with Crippen LogP contribution in [0.15, 0.2) is 4.47 Å². The first kappa shape index (κ1) is 11.3. The van der Waals surface area contributed by atoms with Gasteiger partial charge in [-0.15, -0.1) is 0 Å². The monoisotopic (exact) mass is 272 g/mol. The third-order valence-electron chi connectivity index (χ3n) is 1.46. The summed E-state index contributed by atoms with van der Waals surface area (Å²) in [5.41, 5.74) is 0. The molecule has 0 radical (unpaired) electrons. The lowest BCUT2D eigenvalue weighted by molar-refractivity contribution is 0.288. The molecule has 0 aliphatic carbocycles. The summed E-state index contributed by atoms with van der Waals surface area (Å²) in [5, 5.41) is 0. The number of hydrogen-bond acceptors (Lipinski definition) is 1. The molecule has 0 heterocycles. The number of rotatable bonds is 2. The zero-order valence-electron chi connectivity index (χ0n) is 7.01. The van der Waals surface area contributed by atoms with Crippen LogP contribution in [0.5, 0.6) is 5.75 Å². The van der Waals surface area contributed by atoms with Crippen molar-refractivity contribution in [1.29, 1.82) is 0 Å². The molecule has 0 aromatic heterocycles. The number of ether oxygens (including phenoxy) is 1. The van der Waals surface area contributed by atoms with E-state index in [-0.39, 0.29) is 6.61 Å². The molecular formula is C8H5BrF4O. The van der Waals surface area contributed by atoms with Crippen LogP contribution in [-0.2, 0) is 0 Å². The van der Waals surface area contributed by atoms with Gasteiger partial charge in [0, 0.05) is 0 Å². The van der Waals surface area contributed by atoms with Gasteiger partial charge in [0.15, 0.2) is 23.2 Å². The van der Waals surface area contributed by atoms with Gasteiger partial charge in [0.25, 0.3) is 0 Å². The van der Waals surface area contributed by atoms with E-state index in [9.17, 15) is 17.6 Å². The molecule has 0 amide bonds. The minimum atomic E-state index is -1.76. The topological polar surface area (TPSA) is 9.23 Å².